The zero-order chi connectivity index (χ0) is 9.68. The second-order valence-electron chi connectivity index (χ2n) is 4.00. The first-order valence-electron chi connectivity index (χ1n) is 5.13. The van der Waals surface area contributed by atoms with E-state index in [-0.39, 0.29) is 14.0 Å². The van der Waals surface area contributed by atoms with Crippen LogP contribution in [0.4, 0.5) is 0 Å². The molecule has 1 aliphatic rings. The standard InChI is InChI=1S/C10H18Cl2Si/c1-2-8-3-4-9(7-8)5-6-13-10(11)12/h2,8-10H,1,3-7,13H2. The lowest BCUT2D eigenvalue weighted by Gasteiger charge is -2.08. The summed E-state index contributed by atoms with van der Waals surface area (Å²) in [6.07, 6.45) is 7.56. The minimum atomic E-state index is -0.206. The van der Waals surface area contributed by atoms with Gasteiger partial charge in [-0.25, -0.2) is 0 Å². The summed E-state index contributed by atoms with van der Waals surface area (Å²) in [4.78, 5) is 0. The highest BCUT2D eigenvalue weighted by Crippen LogP contribution is 2.34. The summed E-state index contributed by atoms with van der Waals surface area (Å²) in [5.41, 5.74) is 0. The van der Waals surface area contributed by atoms with Crippen molar-refractivity contribution >= 4 is 32.7 Å². The molecule has 0 aromatic heterocycles. The lowest BCUT2D eigenvalue weighted by Crippen LogP contribution is -2.04. The molecule has 0 spiro atoms. The predicted molar refractivity (Wildman–Crippen MR) is 64.5 cm³/mol. The molecule has 0 bridgehead atoms. The van der Waals surface area contributed by atoms with Gasteiger partial charge in [0.05, 0.1) is 14.0 Å². The van der Waals surface area contributed by atoms with Crippen LogP contribution in [0.25, 0.3) is 0 Å². The van der Waals surface area contributed by atoms with Crippen molar-refractivity contribution in [2.45, 2.75) is 36.2 Å². The minimum absolute atomic E-state index is 0.0309. The number of rotatable bonds is 5. The molecule has 0 radical (unpaired) electrons. The van der Waals surface area contributed by atoms with Crippen molar-refractivity contribution in [2.75, 3.05) is 0 Å². The predicted octanol–water partition coefficient (Wildman–Crippen LogP) is 3.33. The van der Waals surface area contributed by atoms with Crippen molar-refractivity contribution in [2.24, 2.45) is 11.8 Å². The molecule has 1 aliphatic carbocycles. The molecule has 2 atom stereocenters. The first-order valence-corrected chi connectivity index (χ1v) is 7.82. The zero-order valence-corrected chi connectivity index (χ0v) is 10.9. The van der Waals surface area contributed by atoms with Gasteiger partial charge in [-0.15, -0.1) is 29.8 Å². The average molecular weight is 237 g/mol. The lowest BCUT2D eigenvalue weighted by molar-refractivity contribution is 0.514. The molecule has 1 saturated carbocycles. The Kier molecular flexibility index (Phi) is 5.45. The van der Waals surface area contributed by atoms with Crippen LogP contribution >= 0.6 is 23.2 Å². The van der Waals surface area contributed by atoms with Gasteiger partial charge in [-0.05, 0) is 31.1 Å². The number of alkyl halides is 2. The molecule has 2 unspecified atom stereocenters. The second kappa shape index (κ2) is 6.10. The molecule has 13 heavy (non-hydrogen) atoms. The maximum atomic E-state index is 5.73. The number of hydrogen-bond acceptors (Lipinski definition) is 0. The van der Waals surface area contributed by atoms with Crippen LogP contribution in [0.15, 0.2) is 12.7 Å². The van der Waals surface area contributed by atoms with E-state index in [4.69, 9.17) is 23.2 Å². The monoisotopic (exact) mass is 236 g/mol. The van der Waals surface area contributed by atoms with Gasteiger partial charge in [0.1, 0.15) is 0 Å². The van der Waals surface area contributed by atoms with Crippen LogP contribution in [0.2, 0.25) is 6.04 Å². The third-order valence-electron chi connectivity index (χ3n) is 2.95. The second-order valence-corrected chi connectivity index (χ2v) is 8.41. The topological polar surface area (TPSA) is 0 Å². The van der Waals surface area contributed by atoms with Gasteiger partial charge in [0.25, 0.3) is 0 Å². The van der Waals surface area contributed by atoms with Crippen molar-refractivity contribution < 1.29 is 0 Å². The van der Waals surface area contributed by atoms with Crippen molar-refractivity contribution in [3.05, 3.63) is 12.7 Å². The number of hydrogen-bond donors (Lipinski definition) is 0. The fourth-order valence-corrected chi connectivity index (χ4v) is 4.20. The molecule has 0 N–H and O–H groups in total. The third kappa shape index (κ3) is 4.53. The normalized spacial score (nSPS) is 29.2. The molecule has 1 fully saturated rings. The molecule has 0 aromatic carbocycles. The Morgan fingerprint density at radius 3 is 2.77 bits per heavy atom. The van der Waals surface area contributed by atoms with Gasteiger partial charge in [-0.1, -0.05) is 18.5 Å². The molecule has 3 heteroatoms. The van der Waals surface area contributed by atoms with Crippen molar-refractivity contribution in [1.82, 2.24) is 0 Å². The van der Waals surface area contributed by atoms with E-state index in [2.05, 4.69) is 12.7 Å². The van der Waals surface area contributed by atoms with Gasteiger partial charge in [0.2, 0.25) is 0 Å². The van der Waals surface area contributed by atoms with Gasteiger partial charge in [0.15, 0.2) is 0 Å². The summed E-state index contributed by atoms with van der Waals surface area (Å²) >= 11 is 11.5. The summed E-state index contributed by atoms with van der Waals surface area (Å²) in [6.45, 7) is 3.85. The molecular formula is C10H18Cl2Si. The molecule has 0 aliphatic heterocycles. The van der Waals surface area contributed by atoms with E-state index in [0.29, 0.717) is 0 Å². The molecule has 0 saturated heterocycles. The molecule has 0 nitrogen and oxygen atoms in total. The van der Waals surface area contributed by atoms with Crippen LogP contribution in [0.5, 0.6) is 0 Å². The van der Waals surface area contributed by atoms with Gasteiger partial charge < -0.3 is 0 Å². The molecule has 0 amide bonds. The lowest BCUT2D eigenvalue weighted by atomic mass is 10.0. The van der Waals surface area contributed by atoms with Crippen LogP contribution < -0.4 is 0 Å². The van der Waals surface area contributed by atoms with E-state index in [1.807, 2.05) is 0 Å². The summed E-state index contributed by atoms with van der Waals surface area (Å²) < 4.78 is -0.0309. The summed E-state index contributed by atoms with van der Waals surface area (Å²) in [7, 11) is -0.206. The highest BCUT2D eigenvalue weighted by atomic mass is 35.5. The third-order valence-corrected chi connectivity index (χ3v) is 5.51. The van der Waals surface area contributed by atoms with Crippen LogP contribution in [0, 0.1) is 11.8 Å². The first kappa shape index (κ1) is 11.6. The summed E-state index contributed by atoms with van der Waals surface area (Å²) in [5, 5.41) is 0. The van der Waals surface area contributed by atoms with E-state index in [1.165, 1.54) is 31.7 Å². The Morgan fingerprint density at radius 1 is 1.46 bits per heavy atom. The Morgan fingerprint density at radius 2 is 2.23 bits per heavy atom. The summed E-state index contributed by atoms with van der Waals surface area (Å²) in [6, 6.07) is 1.31. The van der Waals surface area contributed by atoms with Crippen molar-refractivity contribution in [1.29, 1.82) is 0 Å². The van der Waals surface area contributed by atoms with E-state index >= 15 is 0 Å². The molecular weight excluding hydrogens is 219 g/mol. The highest BCUT2D eigenvalue weighted by molar-refractivity contribution is 6.68. The van der Waals surface area contributed by atoms with Crippen molar-refractivity contribution in [3.63, 3.8) is 0 Å². The van der Waals surface area contributed by atoms with Gasteiger partial charge in [-0.3, -0.25) is 0 Å². The van der Waals surface area contributed by atoms with Crippen LogP contribution in [-0.4, -0.2) is 14.0 Å². The average Bonchev–Trinajstić information content (AvgIpc) is 2.52. The molecule has 0 heterocycles. The SMILES string of the molecule is C=CC1CCC(CC[SiH2]C(Cl)Cl)C1. The van der Waals surface area contributed by atoms with E-state index < -0.39 is 0 Å². The smallest absolute Gasteiger partial charge is 0.0908 e. The first-order chi connectivity index (χ1) is 6.22. The van der Waals surface area contributed by atoms with E-state index in [1.54, 1.807) is 0 Å². The molecule has 0 aromatic rings. The maximum absolute atomic E-state index is 5.73. The highest BCUT2D eigenvalue weighted by Gasteiger charge is 2.21. The fraction of sp³-hybridized carbons (Fsp3) is 0.800. The van der Waals surface area contributed by atoms with Gasteiger partial charge >= 0.3 is 0 Å². The fourth-order valence-electron chi connectivity index (χ4n) is 2.15. The van der Waals surface area contributed by atoms with E-state index in [9.17, 15) is 0 Å². The largest absolute Gasteiger partial charge is 0.110 e. The zero-order valence-electron chi connectivity index (χ0n) is 8.02. The van der Waals surface area contributed by atoms with E-state index in [0.717, 1.165) is 11.8 Å². The van der Waals surface area contributed by atoms with Gasteiger partial charge in [0, 0.05) is 0 Å². The summed E-state index contributed by atoms with van der Waals surface area (Å²) in [5.74, 6) is 1.72. The van der Waals surface area contributed by atoms with Crippen LogP contribution in [0.1, 0.15) is 25.7 Å². The maximum Gasteiger partial charge on any atom is 0.0908 e. The number of allylic oxidation sites excluding steroid dienone is 1. The minimum Gasteiger partial charge on any atom is -0.110 e. The molecule has 76 valence electrons. The Bertz CT molecular complexity index is 159. The number of halogens is 2. The molecule has 1 rings (SSSR count). The quantitative estimate of drug-likeness (QED) is 0.391. The van der Waals surface area contributed by atoms with Crippen LogP contribution in [0.3, 0.4) is 0 Å². The van der Waals surface area contributed by atoms with Crippen molar-refractivity contribution in [3.8, 4) is 0 Å². The Labute approximate surface area is 93.5 Å². The van der Waals surface area contributed by atoms with Crippen LogP contribution in [-0.2, 0) is 0 Å². The Hall–Kier alpha value is 0.537. The van der Waals surface area contributed by atoms with Gasteiger partial charge in [-0.2, -0.15) is 0 Å². The Balaban J connectivity index is 2.07.